The molecule has 1 aliphatic heterocycles. The number of aliphatic hydroxyl groups is 1. The van der Waals surface area contributed by atoms with Crippen molar-refractivity contribution in [3.05, 3.63) is 65.2 Å². The van der Waals surface area contributed by atoms with Crippen LogP contribution in [0.5, 0.6) is 0 Å². The monoisotopic (exact) mass is 456 g/mol. The molecule has 10 heteroatoms. The van der Waals surface area contributed by atoms with Crippen LogP contribution in [0.4, 0.5) is 0 Å². The van der Waals surface area contributed by atoms with Gasteiger partial charge in [-0.05, 0) is 43.3 Å². The second kappa shape index (κ2) is 9.86. The smallest absolute Gasteiger partial charge is 0.338 e. The molecule has 2 aromatic carbocycles. The van der Waals surface area contributed by atoms with E-state index in [0.717, 1.165) is 0 Å². The van der Waals surface area contributed by atoms with Crippen molar-refractivity contribution >= 4 is 27.7 Å². The van der Waals surface area contributed by atoms with Gasteiger partial charge in [-0.2, -0.15) is 8.42 Å². The van der Waals surface area contributed by atoms with Crippen molar-refractivity contribution in [2.45, 2.75) is 36.4 Å². The van der Waals surface area contributed by atoms with Crippen molar-refractivity contribution in [2.24, 2.45) is 0 Å². The van der Waals surface area contributed by atoms with E-state index < -0.39 is 40.7 Å². The third-order valence-corrected chi connectivity index (χ3v) is 5.95. The van der Waals surface area contributed by atoms with Crippen LogP contribution >= 0.6 is 11.6 Å². The van der Waals surface area contributed by atoms with Crippen LogP contribution < -0.4 is 0 Å². The maximum atomic E-state index is 12.5. The highest BCUT2D eigenvalue weighted by Crippen LogP contribution is 2.26. The number of benzene rings is 2. The van der Waals surface area contributed by atoms with Gasteiger partial charge in [0.25, 0.3) is 10.1 Å². The van der Waals surface area contributed by atoms with Crippen LogP contribution in [-0.2, 0) is 28.5 Å². The standard InChI is InChI=1S/C20H21ClO8S/c1-2-26-20-18(28-19(23)13-6-4-3-5-7-13)17(22)16(12-27-20)29-30(24,25)15-10-8-14(21)9-11-15/h3-11,16-18,20,22H,2,12H2,1H3/t16-,17+,18-,20-/m1/s1. The van der Waals surface area contributed by atoms with E-state index in [1.807, 2.05) is 0 Å². The highest BCUT2D eigenvalue weighted by atomic mass is 35.5. The van der Waals surface area contributed by atoms with E-state index in [9.17, 15) is 18.3 Å². The van der Waals surface area contributed by atoms with Gasteiger partial charge < -0.3 is 19.3 Å². The number of carbonyl (C=O) groups excluding carboxylic acids is 1. The number of hydrogen-bond acceptors (Lipinski definition) is 8. The Morgan fingerprint density at radius 3 is 2.47 bits per heavy atom. The first-order valence-electron chi connectivity index (χ1n) is 9.18. The molecule has 1 aliphatic rings. The molecule has 1 fully saturated rings. The highest BCUT2D eigenvalue weighted by molar-refractivity contribution is 7.86. The lowest BCUT2D eigenvalue weighted by molar-refractivity contribution is -0.263. The van der Waals surface area contributed by atoms with Crippen LogP contribution in [0.15, 0.2) is 59.5 Å². The highest BCUT2D eigenvalue weighted by Gasteiger charge is 2.45. The SMILES string of the molecule is CCO[C@@H]1OC[C@@H](OS(=O)(=O)c2ccc(Cl)cc2)[C@H](O)[C@H]1OC(=O)c1ccccc1. The molecule has 0 saturated carbocycles. The molecule has 0 radical (unpaired) electrons. The molecular weight excluding hydrogens is 436 g/mol. The number of rotatable bonds is 7. The van der Waals surface area contributed by atoms with Crippen molar-refractivity contribution < 1.29 is 36.7 Å². The molecule has 30 heavy (non-hydrogen) atoms. The van der Waals surface area contributed by atoms with Gasteiger partial charge in [0.1, 0.15) is 12.2 Å². The Balaban J connectivity index is 1.77. The van der Waals surface area contributed by atoms with Crippen LogP contribution in [0.25, 0.3) is 0 Å². The predicted octanol–water partition coefficient (Wildman–Crippen LogP) is 2.39. The first-order chi connectivity index (χ1) is 14.3. The Labute approximate surface area is 179 Å². The zero-order valence-corrected chi connectivity index (χ0v) is 17.6. The van der Waals surface area contributed by atoms with Crippen molar-refractivity contribution in [3.8, 4) is 0 Å². The molecule has 2 aromatic rings. The fraction of sp³-hybridized carbons (Fsp3) is 0.350. The zero-order valence-electron chi connectivity index (χ0n) is 16.0. The van der Waals surface area contributed by atoms with Crippen LogP contribution in [0.1, 0.15) is 17.3 Å². The van der Waals surface area contributed by atoms with Gasteiger partial charge in [-0.15, -0.1) is 0 Å². The summed E-state index contributed by atoms with van der Waals surface area (Å²) in [6.07, 6.45) is -5.19. The fourth-order valence-electron chi connectivity index (χ4n) is 2.86. The lowest BCUT2D eigenvalue weighted by atomic mass is 10.1. The minimum Gasteiger partial charge on any atom is -0.450 e. The van der Waals surface area contributed by atoms with E-state index in [0.29, 0.717) is 5.02 Å². The van der Waals surface area contributed by atoms with Crippen molar-refractivity contribution in [2.75, 3.05) is 13.2 Å². The Morgan fingerprint density at radius 2 is 1.83 bits per heavy atom. The molecule has 3 rings (SSSR count). The number of ether oxygens (including phenoxy) is 3. The lowest BCUT2D eigenvalue weighted by Gasteiger charge is -2.38. The van der Waals surface area contributed by atoms with Gasteiger partial charge in [0.15, 0.2) is 12.4 Å². The molecule has 0 amide bonds. The van der Waals surface area contributed by atoms with Crippen molar-refractivity contribution in [3.63, 3.8) is 0 Å². The van der Waals surface area contributed by atoms with Gasteiger partial charge in [0.05, 0.1) is 17.1 Å². The minimum atomic E-state index is -4.22. The molecule has 0 aromatic heterocycles. The molecule has 1 N–H and O–H groups in total. The summed E-state index contributed by atoms with van der Waals surface area (Å²) in [6.45, 7) is 1.66. The third-order valence-electron chi connectivity index (χ3n) is 4.35. The van der Waals surface area contributed by atoms with Crippen LogP contribution in [0.2, 0.25) is 5.02 Å². The average Bonchev–Trinajstić information content (AvgIpc) is 2.73. The van der Waals surface area contributed by atoms with Crippen molar-refractivity contribution in [1.29, 1.82) is 0 Å². The number of hydrogen-bond donors (Lipinski definition) is 1. The Bertz CT molecular complexity index is 949. The molecule has 4 atom stereocenters. The molecule has 0 unspecified atom stereocenters. The Morgan fingerprint density at radius 1 is 1.17 bits per heavy atom. The number of carbonyl (C=O) groups is 1. The lowest BCUT2D eigenvalue weighted by Crippen LogP contribution is -2.56. The maximum absolute atomic E-state index is 12.5. The Kier molecular flexibility index (Phi) is 7.45. The van der Waals surface area contributed by atoms with E-state index in [1.165, 1.54) is 24.3 Å². The van der Waals surface area contributed by atoms with E-state index >= 15 is 0 Å². The molecule has 0 bridgehead atoms. The van der Waals surface area contributed by atoms with E-state index in [1.54, 1.807) is 37.3 Å². The zero-order chi connectivity index (χ0) is 21.7. The molecular formula is C20H21ClO8S. The van der Waals surface area contributed by atoms with E-state index in [-0.39, 0.29) is 23.7 Å². The van der Waals surface area contributed by atoms with Crippen LogP contribution in [0, 0.1) is 0 Å². The quantitative estimate of drug-likeness (QED) is 0.499. The van der Waals surface area contributed by atoms with Gasteiger partial charge in [0, 0.05) is 11.6 Å². The molecule has 8 nitrogen and oxygen atoms in total. The minimum absolute atomic E-state index is 0.135. The topological polar surface area (TPSA) is 108 Å². The normalized spacial score (nSPS) is 24.4. The summed E-state index contributed by atoms with van der Waals surface area (Å²) in [5.74, 6) is -0.714. The maximum Gasteiger partial charge on any atom is 0.338 e. The molecule has 1 heterocycles. The first-order valence-corrected chi connectivity index (χ1v) is 11.0. The number of aliphatic hydroxyl groups excluding tert-OH is 1. The summed E-state index contributed by atoms with van der Waals surface area (Å²) in [7, 11) is -4.22. The summed E-state index contributed by atoms with van der Waals surface area (Å²) < 4.78 is 46.5. The summed E-state index contributed by atoms with van der Waals surface area (Å²) in [6, 6.07) is 13.5. The summed E-state index contributed by atoms with van der Waals surface area (Å²) in [5.41, 5.74) is 0.261. The Hall–Kier alpha value is -2.01. The van der Waals surface area contributed by atoms with E-state index in [4.69, 9.17) is 30.0 Å². The summed E-state index contributed by atoms with van der Waals surface area (Å²) in [5, 5.41) is 11.1. The van der Waals surface area contributed by atoms with Gasteiger partial charge in [-0.3, -0.25) is 4.18 Å². The van der Waals surface area contributed by atoms with Crippen molar-refractivity contribution in [1.82, 2.24) is 0 Å². The van der Waals surface area contributed by atoms with Gasteiger partial charge in [-0.25, -0.2) is 4.79 Å². The van der Waals surface area contributed by atoms with Gasteiger partial charge >= 0.3 is 5.97 Å². The molecule has 162 valence electrons. The second-order valence-corrected chi connectivity index (χ2v) is 8.43. The predicted molar refractivity (Wildman–Crippen MR) is 107 cm³/mol. The first kappa shape index (κ1) is 22.7. The third kappa shape index (κ3) is 5.37. The molecule has 0 spiro atoms. The van der Waals surface area contributed by atoms with Gasteiger partial charge in [0.2, 0.25) is 0 Å². The fourth-order valence-corrected chi connectivity index (χ4v) is 4.06. The van der Waals surface area contributed by atoms with Crippen LogP contribution in [0.3, 0.4) is 0 Å². The van der Waals surface area contributed by atoms with Gasteiger partial charge in [-0.1, -0.05) is 29.8 Å². The molecule has 1 saturated heterocycles. The number of esters is 1. The molecule has 0 aliphatic carbocycles. The summed E-state index contributed by atoms with van der Waals surface area (Å²) >= 11 is 5.78. The second-order valence-electron chi connectivity index (χ2n) is 6.43. The largest absolute Gasteiger partial charge is 0.450 e. The average molecular weight is 457 g/mol. The number of halogens is 1. The van der Waals surface area contributed by atoms with Crippen LogP contribution in [-0.4, -0.2) is 57.3 Å². The summed E-state index contributed by atoms with van der Waals surface area (Å²) in [4.78, 5) is 12.3. The van der Waals surface area contributed by atoms with E-state index in [2.05, 4.69) is 0 Å².